The molecule has 0 unspecified atom stereocenters. The molecule has 3 rings (SSSR count). The zero-order valence-corrected chi connectivity index (χ0v) is 15.0. The number of urea groups is 1. The molecule has 1 aliphatic rings. The van der Waals surface area contributed by atoms with E-state index >= 15 is 0 Å². The summed E-state index contributed by atoms with van der Waals surface area (Å²) in [6.07, 6.45) is 0. The Balaban J connectivity index is 1.62. The number of nitrogens with zero attached hydrogens (tertiary/aromatic N) is 3. The van der Waals surface area contributed by atoms with Crippen molar-refractivity contribution in [2.24, 2.45) is 0 Å². The smallest absolute Gasteiger partial charge is 0.317 e. The third-order valence-electron chi connectivity index (χ3n) is 4.31. The number of nitrogens with one attached hydrogen (secondary N) is 2. The standard InChI is InChI=1S/C19H23N5O2/c1-13(2)16-6-7-17(23-22-16)14-4-3-5-15(12-14)18(25)20-8-10-24-11-9-21-19(24)26/h3-7,12-13H,8-11H2,1-2H3,(H,20,25)(H,21,26). The van der Waals surface area contributed by atoms with Crippen molar-refractivity contribution in [3.8, 4) is 11.3 Å². The number of rotatable bonds is 6. The Hall–Kier alpha value is -2.96. The SMILES string of the molecule is CC(C)c1ccc(-c2cccc(C(=O)NCCN3CCNC3=O)c2)nn1. The van der Waals surface area contributed by atoms with E-state index in [1.165, 1.54) is 0 Å². The molecule has 1 aromatic heterocycles. The molecule has 2 N–H and O–H groups in total. The minimum Gasteiger partial charge on any atom is -0.350 e. The predicted molar refractivity (Wildman–Crippen MR) is 98.9 cm³/mol. The van der Waals surface area contributed by atoms with Gasteiger partial charge in [-0.15, -0.1) is 0 Å². The second-order valence-electron chi connectivity index (χ2n) is 6.55. The Labute approximate surface area is 152 Å². The topological polar surface area (TPSA) is 87.2 Å². The lowest BCUT2D eigenvalue weighted by molar-refractivity contribution is 0.0950. The summed E-state index contributed by atoms with van der Waals surface area (Å²) < 4.78 is 0. The Morgan fingerprint density at radius 2 is 2.12 bits per heavy atom. The largest absolute Gasteiger partial charge is 0.350 e. The summed E-state index contributed by atoms with van der Waals surface area (Å²) in [5.74, 6) is 0.157. The van der Waals surface area contributed by atoms with Crippen molar-refractivity contribution in [1.29, 1.82) is 0 Å². The minimum absolute atomic E-state index is 0.0790. The molecule has 26 heavy (non-hydrogen) atoms. The highest BCUT2D eigenvalue weighted by molar-refractivity contribution is 5.95. The molecule has 0 spiro atoms. The molecule has 2 heterocycles. The molecule has 136 valence electrons. The monoisotopic (exact) mass is 353 g/mol. The maximum atomic E-state index is 12.4. The second kappa shape index (κ2) is 7.95. The maximum Gasteiger partial charge on any atom is 0.317 e. The van der Waals surface area contributed by atoms with Gasteiger partial charge in [-0.1, -0.05) is 26.0 Å². The van der Waals surface area contributed by atoms with Gasteiger partial charge in [-0.05, 0) is 30.2 Å². The lowest BCUT2D eigenvalue weighted by Crippen LogP contribution is -2.36. The average Bonchev–Trinajstić information content (AvgIpc) is 3.07. The average molecular weight is 353 g/mol. The summed E-state index contributed by atoms with van der Waals surface area (Å²) in [7, 11) is 0. The van der Waals surface area contributed by atoms with Gasteiger partial charge < -0.3 is 15.5 Å². The van der Waals surface area contributed by atoms with Crippen molar-refractivity contribution < 1.29 is 9.59 Å². The Morgan fingerprint density at radius 1 is 1.27 bits per heavy atom. The molecule has 0 radical (unpaired) electrons. The fourth-order valence-electron chi connectivity index (χ4n) is 2.76. The van der Waals surface area contributed by atoms with Gasteiger partial charge in [-0.25, -0.2) is 4.79 Å². The van der Waals surface area contributed by atoms with Crippen LogP contribution in [-0.2, 0) is 0 Å². The van der Waals surface area contributed by atoms with Crippen LogP contribution in [0.3, 0.4) is 0 Å². The molecular formula is C19H23N5O2. The summed E-state index contributed by atoms with van der Waals surface area (Å²) in [5, 5.41) is 14.1. The van der Waals surface area contributed by atoms with Gasteiger partial charge in [-0.2, -0.15) is 10.2 Å². The first-order valence-electron chi connectivity index (χ1n) is 8.79. The molecule has 0 saturated carbocycles. The van der Waals surface area contributed by atoms with Gasteiger partial charge >= 0.3 is 6.03 Å². The van der Waals surface area contributed by atoms with Crippen molar-refractivity contribution in [2.75, 3.05) is 26.2 Å². The van der Waals surface area contributed by atoms with Crippen LogP contribution in [0.25, 0.3) is 11.3 Å². The normalized spacial score (nSPS) is 13.8. The van der Waals surface area contributed by atoms with Gasteiger partial charge in [0.2, 0.25) is 0 Å². The number of hydrogen-bond donors (Lipinski definition) is 2. The summed E-state index contributed by atoms with van der Waals surface area (Å²) in [5.41, 5.74) is 3.08. The zero-order chi connectivity index (χ0) is 18.5. The first-order valence-corrected chi connectivity index (χ1v) is 8.79. The molecule has 1 fully saturated rings. The number of benzene rings is 1. The molecule has 3 amide bonds. The maximum absolute atomic E-state index is 12.4. The first-order chi connectivity index (χ1) is 12.5. The minimum atomic E-state index is -0.168. The van der Waals surface area contributed by atoms with Crippen molar-refractivity contribution >= 4 is 11.9 Å². The lowest BCUT2D eigenvalue weighted by Gasteiger charge is -2.14. The van der Waals surface area contributed by atoms with Crippen LogP contribution in [0.4, 0.5) is 4.79 Å². The van der Waals surface area contributed by atoms with Crippen molar-refractivity contribution in [3.63, 3.8) is 0 Å². The lowest BCUT2D eigenvalue weighted by atomic mass is 10.1. The van der Waals surface area contributed by atoms with Gasteiger partial charge in [0.15, 0.2) is 0 Å². The molecular weight excluding hydrogens is 330 g/mol. The molecule has 2 aromatic rings. The van der Waals surface area contributed by atoms with Crippen LogP contribution in [0.2, 0.25) is 0 Å². The van der Waals surface area contributed by atoms with Crippen LogP contribution in [0.1, 0.15) is 35.8 Å². The van der Waals surface area contributed by atoms with E-state index < -0.39 is 0 Å². The highest BCUT2D eigenvalue weighted by atomic mass is 16.2. The molecule has 1 saturated heterocycles. The predicted octanol–water partition coefficient (Wildman–Crippen LogP) is 2.02. The van der Waals surface area contributed by atoms with E-state index in [9.17, 15) is 9.59 Å². The molecule has 0 atom stereocenters. The molecule has 7 nitrogen and oxygen atoms in total. The van der Waals surface area contributed by atoms with E-state index in [4.69, 9.17) is 0 Å². The summed E-state index contributed by atoms with van der Waals surface area (Å²) in [6, 6.07) is 11.1. The zero-order valence-electron chi connectivity index (χ0n) is 15.0. The Morgan fingerprint density at radius 3 is 2.77 bits per heavy atom. The molecule has 1 aromatic carbocycles. The third-order valence-corrected chi connectivity index (χ3v) is 4.31. The first kappa shape index (κ1) is 17.8. The molecule has 0 bridgehead atoms. The van der Waals surface area contributed by atoms with Crippen molar-refractivity contribution in [3.05, 3.63) is 47.7 Å². The summed E-state index contributed by atoms with van der Waals surface area (Å²) >= 11 is 0. The quantitative estimate of drug-likeness (QED) is 0.832. The number of carbonyl (C=O) groups excluding carboxylic acids is 2. The van der Waals surface area contributed by atoms with Gasteiger partial charge in [-0.3, -0.25) is 4.79 Å². The third kappa shape index (κ3) is 4.17. The Bertz CT molecular complexity index is 789. The van der Waals surface area contributed by atoms with Crippen molar-refractivity contribution in [2.45, 2.75) is 19.8 Å². The van der Waals surface area contributed by atoms with E-state index in [1.54, 1.807) is 17.0 Å². The second-order valence-corrected chi connectivity index (χ2v) is 6.55. The number of amides is 3. The molecule has 7 heteroatoms. The van der Waals surface area contributed by atoms with Gasteiger partial charge in [0.05, 0.1) is 11.4 Å². The van der Waals surface area contributed by atoms with Gasteiger partial charge in [0, 0.05) is 37.3 Å². The van der Waals surface area contributed by atoms with Crippen LogP contribution >= 0.6 is 0 Å². The van der Waals surface area contributed by atoms with E-state index in [2.05, 4.69) is 34.7 Å². The van der Waals surface area contributed by atoms with Crippen LogP contribution < -0.4 is 10.6 Å². The van der Waals surface area contributed by atoms with E-state index in [1.807, 2.05) is 24.3 Å². The fourth-order valence-corrected chi connectivity index (χ4v) is 2.76. The van der Waals surface area contributed by atoms with Crippen LogP contribution in [0, 0.1) is 0 Å². The molecule has 0 aliphatic carbocycles. The summed E-state index contributed by atoms with van der Waals surface area (Å²) in [6.45, 7) is 6.39. The number of hydrogen-bond acceptors (Lipinski definition) is 4. The van der Waals surface area contributed by atoms with E-state index in [0.717, 1.165) is 17.0 Å². The fraction of sp³-hybridized carbons (Fsp3) is 0.368. The number of carbonyl (C=O) groups is 2. The van der Waals surface area contributed by atoms with E-state index in [-0.39, 0.29) is 11.9 Å². The number of aromatic nitrogens is 2. The van der Waals surface area contributed by atoms with Crippen molar-refractivity contribution in [1.82, 2.24) is 25.7 Å². The Kier molecular flexibility index (Phi) is 5.46. The summed E-state index contributed by atoms with van der Waals surface area (Å²) in [4.78, 5) is 25.5. The highest BCUT2D eigenvalue weighted by Gasteiger charge is 2.18. The van der Waals surface area contributed by atoms with Crippen LogP contribution in [0.15, 0.2) is 36.4 Å². The van der Waals surface area contributed by atoms with E-state index in [0.29, 0.717) is 37.7 Å². The highest BCUT2D eigenvalue weighted by Crippen LogP contribution is 2.19. The van der Waals surface area contributed by atoms with Crippen LogP contribution in [-0.4, -0.2) is 53.2 Å². The van der Waals surface area contributed by atoms with Gasteiger partial charge in [0.25, 0.3) is 5.91 Å². The van der Waals surface area contributed by atoms with Gasteiger partial charge in [0.1, 0.15) is 0 Å². The van der Waals surface area contributed by atoms with Crippen LogP contribution in [0.5, 0.6) is 0 Å². The molecule has 1 aliphatic heterocycles.